The number of nitrogens with one attached hydrogen (secondary N) is 2. The molecule has 0 unspecified atom stereocenters. The first-order chi connectivity index (χ1) is 9.60. The zero-order chi connectivity index (χ0) is 14.5. The molecule has 0 saturated carbocycles. The minimum absolute atomic E-state index is 0.0543. The summed E-state index contributed by atoms with van der Waals surface area (Å²) in [4.78, 5) is 15.3. The lowest BCUT2D eigenvalue weighted by Crippen LogP contribution is -2.32. The molecule has 20 heavy (non-hydrogen) atoms. The summed E-state index contributed by atoms with van der Waals surface area (Å²) in [7, 11) is 0. The number of aromatic nitrogens is 1. The van der Waals surface area contributed by atoms with E-state index in [4.69, 9.17) is 11.6 Å². The van der Waals surface area contributed by atoms with Crippen LogP contribution in [-0.4, -0.2) is 16.9 Å². The summed E-state index contributed by atoms with van der Waals surface area (Å²) in [5.41, 5.74) is 1.52. The molecule has 3 nitrogen and oxygen atoms in total. The van der Waals surface area contributed by atoms with Crippen LogP contribution in [0, 0.1) is 0 Å². The summed E-state index contributed by atoms with van der Waals surface area (Å²) in [6.45, 7) is 4.23. The third-order valence-electron chi connectivity index (χ3n) is 3.45. The molecule has 0 saturated heterocycles. The minimum atomic E-state index is -0.0543. The summed E-state index contributed by atoms with van der Waals surface area (Å²) in [5.74, 6) is -0.0543. The molecule has 0 radical (unpaired) electrons. The number of carbonyl (C=O) groups is 1. The average molecular weight is 293 g/mol. The van der Waals surface area contributed by atoms with Crippen molar-refractivity contribution in [2.75, 3.05) is 0 Å². The van der Waals surface area contributed by atoms with Gasteiger partial charge in [0.15, 0.2) is 0 Å². The molecule has 0 fully saturated rings. The van der Waals surface area contributed by atoms with E-state index in [0.29, 0.717) is 10.7 Å². The maximum Gasteiger partial charge on any atom is 0.267 e. The maximum absolute atomic E-state index is 12.2. The van der Waals surface area contributed by atoms with Gasteiger partial charge in [-0.1, -0.05) is 37.8 Å². The second kappa shape index (κ2) is 6.80. The van der Waals surface area contributed by atoms with Crippen LogP contribution in [-0.2, 0) is 0 Å². The van der Waals surface area contributed by atoms with Crippen LogP contribution in [0.15, 0.2) is 24.3 Å². The monoisotopic (exact) mass is 292 g/mol. The van der Waals surface area contributed by atoms with Gasteiger partial charge in [-0.25, -0.2) is 0 Å². The third kappa shape index (κ3) is 3.76. The van der Waals surface area contributed by atoms with Gasteiger partial charge in [-0.3, -0.25) is 4.79 Å². The molecular formula is C16H21ClN2O. The lowest BCUT2D eigenvalue weighted by atomic mass is 10.1. The van der Waals surface area contributed by atoms with Gasteiger partial charge in [0.05, 0.1) is 0 Å². The Bertz CT molecular complexity index is 591. The molecule has 1 aromatic carbocycles. The van der Waals surface area contributed by atoms with Crippen molar-refractivity contribution < 1.29 is 4.79 Å². The van der Waals surface area contributed by atoms with E-state index in [0.717, 1.165) is 23.7 Å². The number of halogens is 1. The molecule has 1 atom stereocenters. The Kier molecular flexibility index (Phi) is 5.07. The number of fused-ring (bicyclic) bond motifs is 1. The first kappa shape index (κ1) is 14.9. The fraction of sp³-hybridized carbons (Fsp3) is 0.438. The van der Waals surface area contributed by atoms with Crippen LogP contribution in [0.1, 0.15) is 50.0 Å². The Morgan fingerprint density at radius 3 is 2.90 bits per heavy atom. The average Bonchev–Trinajstić information content (AvgIpc) is 2.82. The molecule has 0 bridgehead atoms. The highest BCUT2D eigenvalue weighted by Gasteiger charge is 2.12. The van der Waals surface area contributed by atoms with Crippen molar-refractivity contribution in [2.45, 2.75) is 45.6 Å². The smallest absolute Gasteiger partial charge is 0.267 e. The SMILES string of the molecule is CCCCC[C@@H](C)NC(=O)c1cc2cc(Cl)ccc2[nH]1. The van der Waals surface area contributed by atoms with Crippen LogP contribution in [0.25, 0.3) is 10.9 Å². The van der Waals surface area contributed by atoms with Gasteiger partial charge in [-0.05, 0) is 37.6 Å². The normalized spacial score (nSPS) is 12.6. The van der Waals surface area contributed by atoms with Crippen LogP contribution in [0.2, 0.25) is 5.02 Å². The van der Waals surface area contributed by atoms with Crippen molar-refractivity contribution in [3.63, 3.8) is 0 Å². The number of hydrogen-bond acceptors (Lipinski definition) is 1. The number of unbranched alkanes of at least 4 members (excludes halogenated alkanes) is 2. The lowest BCUT2D eigenvalue weighted by molar-refractivity contribution is 0.0933. The lowest BCUT2D eigenvalue weighted by Gasteiger charge is -2.12. The topological polar surface area (TPSA) is 44.9 Å². The third-order valence-corrected chi connectivity index (χ3v) is 3.68. The molecule has 2 aromatic rings. The Balaban J connectivity index is 2.00. The second-order valence-electron chi connectivity index (χ2n) is 5.28. The zero-order valence-electron chi connectivity index (χ0n) is 12.0. The molecule has 4 heteroatoms. The van der Waals surface area contributed by atoms with Crippen molar-refractivity contribution in [2.24, 2.45) is 0 Å². The highest BCUT2D eigenvalue weighted by atomic mass is 35.5. The molecule has 2 rings (SSSR count). The molecule has 1 heterocycles. The quantitative estimate of drug-likeness (QED) is 0.755. The Morgan fingerprint density at radius 2 is 2.15 bits per heavy atom. The predicted octanol–water partition coefficient (Wildman–Crippen LogP) is 4.52. The number of benzene rings is 1. The summed E-state index contributed by atoms with van der Waals surface area (Å²) in [6.07, 6.45) is 4.58. The number of hydrogen-bond donors (Lipinski definition) is 2. The summed E-state index contributed by atoms with van der Waals surface area (Å²) < 4.78 is 0. The second-order valence-corrected chi connectivity index (χ2v) is 5.72. The van der Waals surface area contributed by atoms with Gasteiger partial charge in [0.1, 0.15) is 5.69 Å². The molecule has 1 aromatic heterocycles. The van der Waals surface area contributed by atoms with E-state index < -0.39 is 0 Å². The van der Waals surface area contributed by atoms with Crippen LogP contribution in [0.4, 0.5) is 0 Å². The fourth-order valence-electron chi connectivity index (χ4n) is 2.30. The first-order valence-corrected chi connectivity index (χ1v) is 7.57. The number of H-pyrrole nitrogens is 1. The molecule has 108 valence electrons. The summed E-state index contributed by atoms with van der Waals surface area (Å²) in [5, 5.41) is 4.66. The van der Waals surface area contributed by atoms with Gasteiger partial charge >= 0.3 is 0 Å². The van der Waals surface area contributed by atoms with Gasteiger partial charge in [-0.2, -0.15) is 0 Å². The highest BCUT2D eigenvalue weighted by Crippen LogP contribution is 2.20. The van der Waals surface area contributed by atoms with E-state index in [9.17, 15) is 4.79 Å². The highest BCUT2D eigenvalue weighted by molar-refractivity contribution is 6.31. The van der Waals surface area contributed by atoms with E-state index in [1.54, 1.807) is 0 Å². The van der Waals surface area contributed by atoms with Crippen molar-refractivity contribution in [1.82, 2.24) is 10.3 Å². The van der Waals surface area contributed by atoms with Crippen molar-refractivity contribution in [3.8, 4) is 0 Å². The van der Waals surface area contributed by atoms with E-state index in [1.807, 2.05) is 31.2 Å². The van der Waals surface area contributed by atoms with Gasteiger partial charge in [0.2, 0.25) is 0 Å². The van der Waals surface area contributed by atoms with Crippen LogP contribution < -0.4 is 5.32 Å². The van der Waals surface area contributed by atoms with Crippen LogP contribution in [0.5, 0.6) is 0 Å². The zero-order valence-corrected chi connectivity index (χ0v) is 12.8. The Morgan fingerprint density at radius 1 is 1.35 bits per heavy atom. The van der Waals surface area contributed by atoms with E-state index in [2.05, 4.69) is 17.2 Å². The van der Waals surface area contributed by atoms with E-state index in [1.165, 1.54) is 12.8 Å². The fourth-order valence-corrected chi connectivity index (χ4v) is 2.48. The van der Waals surface area contributed by atoms with Gasteiger partial charge in [0, 0.05) is 22.0 Å². The van der Waals surface area contributed by atoms with Crippen LogP contribution in [0.3, 0.4) is 0 Å². The van der Waals surface area contributed by atoms with Crippen molar-refractivity contribution >= 4 is 28.4 Å². The van der Waals surface area contributed by atoms with E-state index >= 15 is 0 Å². The minimum Gasteiger partial charge on any atom is -0.351 e. The van der Waals surface area contributed by atoms with Gasteiger partial charge in [0.25, 0.3) is 5.91 Å². The molecule has 0 spiro atoms. The Hall–Kier alpha value is -1.48. The number of aromatic amines is 1. The van der Waals surface area contributed by atoms with Crippen LogP contribution >= 0.6 is 11.6 Å². The molecule has 0 aliphatic heterocycles. The number of amides is 1. The Labute approximate surface area is 124 Å². The standard InChI is InChI=1S/C16H21ClN2O/c1-3-4-5-6-11(2)18-16(20)15-10-12-9-13(17)7-8-14(12)19-15/h7-11,19H,3-6H2,1-2H3,(H,18,20)/t11-/m1/s1. The van der Waals surface area contributed by atoms with Crippen molar-refractivity contribution in [3.05, 3.63) is 35.0 Å². The maximum atomic E-state index is 12.2. The summed E-state index contributed by atoms with van der Waals surface area (Å²) in [6, 6.07) is 7.60. The summed E-state index contributed by atoms with van der Waals surface area (Å²) >= 11 is 5.95. The predicted molar refractivity (Wildman–Crippen MR) is 84.4 cm³/mol. The van der Waals surface area contributed by atoms with Gasteiger partial charge in [-0.15, -0.1) is 0 Å². The van der Waals surface area contributed by atoms with Gasteiger partial charge < -0.3 is 10.3 Å². The molecule has 0 aliphatic rings. The van der Waals surface area contributed by atoms with E-state index in [-0.39, 0.29) is 11.9 Å². The molecule has 1 amide bonds. The molecule has 2 N–H and O–H groups in total. The first-order valence-electron chi connectivity index (χ1n) is 7.19. The number of carbonyl (C=O) groups excluding carboxylic acids is 1. The molecule has 0 aliphatic carbocycles. The van der Waals surface area contributed by atoms with Crippen molar-refractivity contribution in [1.29, 1.82) is 0 Å². The number of rotatable bonds is 6. The molecular weight excluding hydrogens is 272 g/mol. The largest absolute Gasteiger partial charge is 0.351 e.